The molecule has 1 aliphatic rings. The third kappa shape index (κ3) is 3.37. The third-order valence-corrected chi connectivity index (χ3v) is 5.40. The lowest BCUT2D eigenvalue weighted by atomic mass is 9.94. The van der Waals surface area contributed by atoms with E-state index in [1.54, 1.807) is 6.20 Å². The molecule has 1 aromatic heterocycles. The van der Waals surface area contributed by atoms with Gasteiger partial charge in [0, 0.05) is 17.6 Å². The van der Waals surface area contributed by atoms with Crippen molar-refractivity contribution in [2.24, 2.45) is 5.73 Å². The van der Waals surface area contributed by atoms with Gasteiger partial charge in [0.1, 0.15) is 9.88 Å². The summed E-state index contributed by atoms with van der Waals surface area (Å²) in [6.07, 6.45) is 3.22. The number of benzene rings is 1. The number of nitrogens with zero attached hydrogens (tertiary/aromatic N) is 1. The molecule has 2 aromatic rings. The molecule has 1 amide bonds. The summed E-state index contributed by atoms with van der Waals surface area (Å²) in [6, 6.07) is 5.64. The van der Waals surface area contributed by atoms with Gasteiger partial charge in [0.15, 0.2) is 11.5 Å². The molecule has 0 saturated heterocycles. The van der Waals surface area contributed by atoms with E-state index >= 15 is 0 Å². The average Bonchev–Trinajstić information content (AvgIpc) is 3.27. The summed E-state index contributed by atoms with van der Waals surface area (Å²) in [5.74, 6) is 1.29. The second-order valence-corrected chi connectivity index (χ2v) is 6.88. The van der Waals surface area contributed by atoms with Gasteiger partial charge < -0.3 is 20.5 Å². The van der Waals surface area contributed by atoms with Crippen LogP contribution in [-0.2, 0) is 0 Å². The molecule has 0 atom stereocenters. The molecule has 3 rings (SSSR count). The van der Waals surface area contributed by atoms with Gasteiger partial charge in [-0.1, -0.05) is 13.8 Å². The first-order valence-corrected chi connectivity index (χ1v) is 8.79. The zero-order valence-corrected chi connectivity index (χ0v) is 14.6. The van der Waals surface area contributed by atoms with Gasteiger partial charge in [-0.2, -0.15) is 0 Å². The molecular weight excluding hydrogens is 326 g/mol. The summed E-state index contributed by atoms with van der Waals surface area (Å²) >= 11 is 1.34. The fourth-order valence-electron chi connectivity index (χ4n) is 2.39. The molecule has 24 heavy (non-hydrogen) atoms. The molecule has 128 valence electrons. The first-order chi connectivity index (χ1) is 11.5. The van der Waals surface area contributed by atoms with E-state index in [1.807, 2.05) is 32.0 Å². The smallest absolute Gasteiger partial charge is 0.263 e. The van der Waals surface area contributed by atoms with E-state index in [0.29, 0.717) is 17.2 Å². The van der Waals surface area contributed by atoms with Crippen LogP contribution in [0.2, 0.25) is 0 Å². The van der Waals surface area contributed by atoms with Crippen LogP contribution < -0.4 is 20.5 Å². The fourth-order valence-corrected chi connectivity index (χ4v) is 3.21. The average molecular weight is 347 g/mol. The predicted octanol–water partition coefficient (Wildman–Crippen LogP) is 2.79. The highest BCUT2D eigenvalue weighted by Gasteiger charge is 2.22. The minimum Gasteiger partial charge on any atom is -0.454 e. The summed E-state index contributed by atoms with van der Waals surface area (Å²) in [5.41, 5.74) is 6.76. The van der Waals surface area contributed by atoms with E-state index in [0.717, 1.165) is 29.2 Å². The number of nitrogens with one attached hydrogen (secondary N) is 1. The summed E-state index contributed by atoms with van der Waals surface area (Å²) in [6.45, 7) is 4.75. The number of ether oxygens (including phenoxy) is 2. The summed E-state index contributed by atoms with van der Waals surface area (Å²) in [7, 11) is 0. The van der Waals surface area contributed by atoms with Crippen molar-refractivity contribution in [3.8, 4) is 22.1 Å². The number of amides is 1. The van der Waals surface area contributed by atoms with Gasteiger partial charge >= 0.3 is 0 Å². The van der Waals surface area contributed by atoms with Gasteiger partial charge in [-0.05, 0) is 31.0 Å². The number of thiazole rings is 1. The summed E-state index contributed by atoms with van der Waals surface area (Å²) in [4.78, 5) is 17.2. The molecule has 6 nitrogen and oxygen atoms in total. The van der Waals surface area contributed by atoms with Gasteiger partial charge in [0.25, 0.3) is 5.91 Å². The molecule has 0 unspecified atom stereocenters. The van der Waals surface area contributed by atoms with Crippen molar-refractivity contribution >= 4 is 17.2 Å². The number of hydrogen-bond acceptors (Lipinski definition) is 6. The molecule has 0 spiro atoms. The first kappa shape index (κ1) is 16.7. The van der Waals surface area contributed by atoms with E-state index in [2.05, 4.69) is 10.3 Å². The second-order valence-electron chi connectivity index (χ2n) is 5.85. The Bertz CT molecular complexity index is 740. The highest BCUT2D eigenvalue weighted by Crippen LogP contribution is 2.36. The van der Waals surface area contributed by atoms with Crippen molar-refractivity contribution in [2.75, 3.05) is 13.3 Å². The van der Waals surface area contributed by atoms with Crippen LogP contribution >= 0.6 is 11.3 Å². The minimum absolute atomic E-state index is 0.142. The second kappa shape index (κ2) is 6.78. The Kier molecular flexibility index (Phi) is 4.73. The highest BCUT2D eigenvalue weighted by atomic mass is 32.1. The molecule has 0 fully saturated rings. The molecule has 0 aliphatic carbocycles. The number of carbonyl (C=O) groups is 1. The van der Waals surface area contributed by atoms with Crippen LogP contribution in [0.3, 0.4) is 0 Å². The fraction of sp³-hybridized carbons (Fsp3) is 0.412. The number of nitrogens with two attached hydrogens (primary N) is 1. The van der Waals surface area contributed by atoms with Gasteiger partial charge in [-0.3, -0.25) is 4.79 Å². The molecule has 0 radical (unpaired) electrons. The van der Waals surface area contributed by atoms with E-state index in [9.17, 15) is 4.79 Å². The molecule has 7 heteroatoms. The molecule has 0 bridgehead atoms. The Morgan fingerprint density at radius 2 is 2.08 bits per heavy atom. The SMILES string of the molecule is CCC(N)(CC)CNC(=O)c1cnc(-c2ccc3c(c2)OCO3)s1. The van der Waals surface area contributed by atoms with Crippen molar-refractivity contribution in [3.63, 3.8) is 0 Å². The van der Waals surface area contributed by atoms with Crippen LogP contribution in [0.4, 0.5) is 0 Å². The highest BCUT2D eigenvalue weighted by molar-refractivity contribution is 7.16. The van der Waals surface area contributed by atoms with Crippen molar-refractivity contribution in [1.29, 1.82) is 0 Å². The molecule has 3 N–H and O–H groups in total. The summed E-state index contributed by atoms with van der Waals surface area (Å²) in [5, 5.41) is 3.68. The third-order valence-electron chi connectivity index (χ3n) is 4.36. The Morgan fingerprint density at radius 3 is 2.83 bits per heavy atom. The maximum absolute atomic E-state index is 12.3. The van der Waals surface area contributed by atoms with Gasteiger partial charge in [-0.25, -0.2) is 4.98 Å². The first-order valence-electron chi connectivity index (χ1n) is 7.97. The zero-order valence-electron chi connectivity index (χ0n) is 13.8. The zero-order chi connectivity index (χ0) is 17.2. The van der Waals surface area contributed by atoms with Crippen LogP contribution in [0.15, 0.2) is 24.4 Å². The van der Waals surface area contributed by atoms with Crippen LogP contribution in [0.1, 0.15) is 36.4 Å². The topological polar surface area (TPSA) is 86.5 Å². The molecule has 1 aromatic carbocycles. The van der Waals surface area contributed by atoms with Crippen LogP contribution in [-0.4, -0.2) is 29.8 Å². The molecular formula is C17H21N3O3S. The quantitative estimate of drug-likeness (QED) is 0.839. The van der Waals surface area contributed by atoms with E-state index in [1.165, 1.54) is 11.3 Å². The van der Waals surface area contributed by atoms with Gasteiger partial charge in [0.05, 0.1) is 6.20 Å². The Hall–Kier alpha value is -2.12. The lowest BCUT2D eigenvalue weighted by Gasteiger charge is -2.26. The standard InChI is InChI=1S/C17H21N3O3S/c1-3-17(18,4-2)9-20-15(21)14-8-19-16(24-14)11-5-6-12-13(7-11)23-10-22-12/h5-8H,3-4,9-10,18H2,1-2H3,(H,20,21). The lowest BCUT2D eigenvalue weighted by Crippen LogP contribution is -2.49. The van der Waals surface area contributed by atoms with E-state index in [-0.39, 0.29) is 18.2 Å². The van der Waals surface area contributed by atoms with Crippen LogP contribution in [0.25, 0.3) is 10.6 Å². The maximum Gasteiger partial charge on any atom is 0.263 e. The monoisotopic (exact) mass is 347 g/mol. The minimum atomic E-state index is -0.361. The predicted molar refractivity (Wildman–Crippen MR) is 93.5 cm³/mol. The van der Waals surface area contributed by atoms with Gasteiger partial charge in [-0.15, -0.1) is 11.3 Å². The van der Waals surface area contributed by atoms with E-state index < -0.39 is 0 Å². The maximum atomic E-state index is 12.3. The van der Waals surface area contributed by atoms with Crippen molar-refractivity contribution in [2.45, 2.75) is 32.2 Å². The molecule has 0 saturated carbocycles. The van der Waals surface area contributed by atoms with Crippen LogP contribution in [0, 0.1) is 0 Å². The molecule has 2 heterocycles. The Labute approximate surface area is 145 Å². The number of aromatic nitrogens is 1. The summed E-state index contributed by atoms with van der Waals surface area (Å²) < 4.78 is 10.7. The number of hydrogen-bond donors (Lipinski definition) is 2. The largest absolute Gasteiger partial charge is 0.454 e. The van der Waals surface area contributed by atoms with Crippen molar-refractivity contribution in [3.05, 3.63) is 29.3 Å². The molecule has 1 aliphatic heterocycles. The van der Waals surface area contributed by atoms with Gasteiger partial charge in [0.2, 0.25) is 6.79 Å². The van der Waals surface area contributed by atoms with Crippen LogP contribution in [0.5, 0.6) is 11.5 Å². The van der Waals surface area contributed by atoms with E-state index in [4.69, 9.17) is 15.2 Å². The van der Waals surface area contributed by atoms with Crippen molar-refractivity contribution < 1.29 is 14.3 Å². The number of carbonyl (C=O) groups excluding carboxylic acids is 1. The van der Waals surface area contributed by atoms with Crippen molar-refractivity contribution in [1.82, 2.24) is 10.3 Å². The Balaban J connectivity index is 1.70. The number of rotatable bonds is 6. The normalized spacial score (nSPS) is 13.1. The Morgan fingerprint density at radius 1 is 1.33 bits per heavy atom. The lowest BCUT2D eigenvalue weighted by molar-refractivity contribution is 0.0946. The number of fused-ring (bicyclic) bond motifs is 1.